The quantitative estimate of drug-likeness (QED) is 0.453. The van der Waals surface area contributed by atoms with Gasteiger partial charge in [0.05, 0.1) is 12.0 Å². The fraction of sp³-hybridized carbons (Fsp3) is 0.636. The van der Waals surface area contributed by atoms with Crippen molar-refractivity contribution in [2.24, 2.45) is 5.92 Å². The van der Waals surface area contributed by atoms with Gasteiger partial charge in [0.15, 0.2) is 0 Å². The smallest absolute Gasteiger partial charge is 0.372 e. The van der Waals surface area contributed by atoms with Crippen LogP contribution in [0.2, 0.25) is 0 Å². The third kappa shape index (κ3) is 3.06. The second-order valence-corrected chi connectivity index (χ2v) is 4.35. The molecule has 0 bridgehead atoms. The summed E-state index contributed by atoms with van der Waals surface area (Å²) >= 11 is 0. The normalized spacial score (nSPS) is 14.3. The zero-order valence-electron chi connectivity index (χ0n) is 10.3. The molecule has 7 heteroatoms. The van der Waals surface area contributed by atoms with E-state index in [1.54, 1.807) is 0 Å². The highest BCUT2D eigenvalue weighted by atomic mass is 16.6. The summed E-state index contributed by atoms with van der Waals surface area (Å²) in [6, 6.07) is 0. The van der Waals surface area contributed by atoms with Gasteiger partial charge in [-0.05, 0) is 18.8 Å². The monoisotopic (exact) mass is 252 g/mol. The lowest BCUT2D eigenvalue weighted by Gasteiger charge is -2.07. The summed E-state index contributed by atoms with van der Waals surface area (Å²) in [6.07, 6.45) is 6.06. The first kappa shape index (κ1) is 12.5. The van der Waals surface area contributed by atoms with E-state index in [4.69, 9.17) is 4.74 Å². The van der Waals surface area contributed by atoms with Crippen molar-refractivity contribution in [3.63, 3.8) is 0 Å². The Hall–Kier alpha value is -1.92. The van der Waals surface area contributed by atoms with Crippen molar-refractivity contribution in [2.75, 3.05) is 19.0 Å². The molecule has 98 valence electrons. The zero-order chi connectivity index (χ0) is 13.0. The minimum atomic E-state index is -0.526. The molecule has 1 N–H and O–H groups in total. The molecule has 0 aromatic carbocycles. The third-order valence-corrected chi connectivity index (χ3v) is 2.94. The number of anilines is 1. The third-order valence-electron chi connectivity index (χ3n) is 2.94. The van der Waals surface area contributed by atoms with Crippen molar-refractivity contribution in [2.45, 2.75) is 25.7 Å². The summed E-state index contributed by atoms with van der Waals surface area (Å²) < 4.78 is 4.87. The first-order valence-corrected chi connectivity index (χ1v) is 5.99. The van der Waals surface area contributed by atoms with E-state index in [0.29, 0.717) is 6.54 Å². The van der Waals surface area contributed by atoms with Gasteiger partial charge >= 0.3 is 5.69 Å². The molecule has 1 aliphatic rings. The molecule has 0 unspecified atom stereocenters. The largest absolute Gasteiger partial charge is 0.476 e. The van der Waals surface area contributed by atoms with E-state index in [-0.39, 0.29) is 17.4 Å². The molecule has 1 heterocycles. The van der Waals surface area contributed by atoms with Gasteiger partial charge in [-0.25, -0.2) is 4.98 Å². The first-order valence-electron chi connectivity index (χ1n) is 5.99. The predicted octanol–water partition coefficient (Wildman–Crippen LogP) is 2.00. The summed E-state index contributed by atoms with van der Waals surface area (Å²) in [6.45, 7) is 0.678. The Bertz CT molecular complexity index is 434. The molecule has 1 fully saturated rings. The first-order chi connectivity index (χ1) is 8.72. The lowest BCUT2D eigenvalue weighted by atomic mass is 10.2. The summed E-state index contributed by atoms with van der Waals surface area (Å²) in [5.74, 6) is 1.07. The highest BCUT2D eigenvalue weighted by Gasteiger charge is 2.24. The van der Waals surface area contributed by atoms with Crippen LogP contribution < -0.4 is 10.1 Å². The van der Waals surface area contributed by atoms with Crippen molar-refractivity contribution in [1.82, 2.24) is 9.97 Å². The molecular weight excluding hydrogens is 236 g/mol. The van der Waals surface area contributed by atoms with Crippen LogP contribution in [-0.4, -0.2) is 28.5 Å². The van der Waals surface area contributed by atoms with Crippen LogP contribution in [0.4, 0.5) is 11.5 Å². The van der Waals surface area contributed by atoms with Crippen molar-refractivity contribution in [3.05, 3.63) is 16.4 Å². The number of hydrogen-bond donors (Lipinski definition) is 1. The molecule has 7 nitrogen and oxygen atoms in total. The molecule has 0 saturated heterocycles. The number of aromatic nitrogens is 2. The average molecular weight is 252 g/mol. The fourth-order valence-corrected chi connectivity index (χ4v) is 1.81. The Morgan fingerprint density at radius 1 is 1.56 bits per heavy atom. The number of nitrogens with zero attached hydrogens (tertiary/aromatic N) is 3. The van der Waals surface area contributed by atoms with Crippen LogP contribution in [0.5, 0.6) is 5.88 Å². The number of hydrogen-bond acceptors (Lipinski definition) is 6. The molecule has 18 heavy (non-hydrogen) atoms. The highest BCUT2D eigenvalue weighted by Crippen LogP contribution is 2.34. The number of ether oxygens (including phenoxy) is 1. The maximum absolute atomic E-state index is 11.0. The van der Waals surface area contributed by atoms with Gasteiger partial charge in [-0.1, -0.05) is 12.8 Å². The predicted molar refractivity (Wildman–Crippen MR) is 65.7 cm³/mol. The van der Waals surface area contributed by atoms with Crippen LogP contribution in [0, 0.1) is 16.0 Å². The van der Waals surface area contributed by atoms with Crippen LogP contribution >= 0.6 is 0 Å². The van der Waals surface area contributed by atoms with Crippen molar-refractivity contribution < 1.29 is 9.66 Å². The van der Waals surface area contributed by atoms with E-state index in [9.17, 15) is 10.1 Å². The lowest BCUT2D eigenvalue weighted by molar-refractivity contribution is -0.385. The summed E-state index contributed by atoms with van der Waals surface area (Å²) in [5, 5.41) is 13.9. The zero-order valence-corrected chi connectivity index (χ0v) is 10.3. The van der Waals surface area contributed by atoms with Gasteiger partial charge in [-0.3, -0.25) is 10.1 Å². The molecule has 0 spiro atoms. The standard InChI is InChI=1S/C11H16N4O3/c1-18-11-9(15(16)17)10(13-7-14-11)12-6-2-3-8-4-5-8/h7-8H,2-6H2,1H3,(H,12,13,14). The second kappa shape index (κ2) is 5.61. The minimum Gasteiger partial charge on any atom is -0.476 e. The number of rotatable bonds is 7. The fourth-order valence-electron chi connectivity index (χ4n) is 1.81. The van der Waals surface area contributed by atoms with Gasteiger partial charge in [-0.15, -0.1) is 0 Å². The van der Waals surface area contributed by atoms with Gasteiger partial charge in [-0.2, -0.15) is 4.98 Å². The molecule has 1 aromatic rings. The van der Waals surface area contributed by atoms with Gasteiger partial charge < -0.3 is 10.1 Å². The maximum atomic E-state index is 11.0. The van der Waals surface area contributed by atoms with Gasteiger partial charge in [0.25, 0.3) is 5.88 Å². The Labute approximate surface area is 105 Å². The van der Waals surface area contributed by atoms with Gasteiger partial charge in [0.2, 0.25) is 5.82 Å². The van der Waals surface area contributed by atoms with Crippen LogP contribution in [0.3, 0.4) is 0 Å². The van der Waals surface area contributed by atoms with E-state index in [0.717, 1.165) is 12.3 Å². The number of methoxy groups -OCH3 is 1. The van der Waals surface area contributed by atoms with E-state index in [2.05, 4.69) is 15.3 Å². The van der Waals surface area contributed by atoms with Gasteiger partial charge in [0.1, 0.15) is 6.33 Å². The summed E-state index contributed by atoms with van der Waals surface area (Å²) in [4.78, 5) is 18.1. The lowest BCUT2D eigenvalue weighted by Crippen LogP contribution is -2.08. The average Bonchev–Trinajstić information content (AvgIpc) is 3.18. The van der Waals surface area contributed by atoms with Crippen LogP contribution in [0.15, 0.2) is 6.33 Å². The molecule has 2 rings (SSSR count). The molecule has 1 saturated carbocycles. The molecular formula is C11H16N4O3. The molecule has 0 radical (unpaired) electrons. The van der Waals surface area contributed by atoms with Crippen molar-refractivity contribution in [1.29, 1.82) is 0 Å². The van der Waals surface area contributed by atoms with E-state index < -0.39 is 4.92 Å². The highest BCUT2D eigenvalue weighted by molar-refractivity contribution is 5.60. The van der Waals surface area contributed by atoms with Crippen LogP contribution in [0.1, 0.15) is 25.7 Å². The molecule has 0 amide bonds. The Balaban J connectivity index is 1.98. The van der Waals surface area contributed by atoms with E-state index >= 15 is 0 Å². The number of nitro groups is 1. The van der Waals surface area contributed by atoms with Crippen LogP contribution in [-0.2, 0) is 0 Å². The number of nitrogens with one attached hydrogen (secondary N) is 1. The maximum Gasteiger partial charge on any atom is 0.372 e. The van der Waals surface area contributed by atoms with Crippen molar-refractivity contribution in [3.8, 4) is 5.88 Å². The summed E-state index contributed by atoms with van der Waals surface area (Å²) in [5.41, 5.74) is -0.202. The molecule has 1 aromatic heterocycles. The molecule has 0 aliphatic heterocycles. The van der Waals surface area contributed by atoms with E-state index in [1.807, 2.05) is 0 Å². The SMILES string of the molecule is COc1ncnc(NCCCC2CC2)c1[N+](=O)[O-]. The summed E-state index contributed by atoms with van der Waals surface area (Å²) in [7, 11) is 1.35. The Morgan fingerprint density at radius 2 is 2.33 bits per heavy atom. The Morgan fingerprint density at radius 3 is 2.94 bits per heavy atom. The topological polar surface area (TPSA) is 90.2 Å². The van der Waals surface area contributed by atoms with Crippen molar-refractivity contribution >= 4 is 11.5 Å². The van der Waals surface area contributed by atoms with Gasteiger partial charge in [0, 0.05) is 6.54 Å². The second-order valence-electron chi connectivity index (χ2n) is 4.35. The molecule has 0 atom stereocenters. The van der Waals surface area contributed by atoms with E-state index in [1.165, 1.54) is 32.7 Å². The minimum absolute atomic E-state index is 0.0142. The molecule has 1 aliphatic carbocycles. The van der Waals surface area contributed by atoms with Crippen LogP contribution in [0.25, 0.3) is 0 Å². The Kier molecular flexibility index (Phi) is 3.91.